The SMILES string of the molecule is CC(C)Oc1ccc(-c2oncc2CCN)cc1F. The molecule has 0 spiro atoms. The van der Waals surface area contributed by atoms with E-state index < -0.39 is 5.82 Å². The fourth-order valence-corrected chi connectivity index (χ4v) is 1.82. The highest BCUT2D eigenvalue weighted by atomic mass is 19.1. The third-order valence-corrected chi connectivity index (χ3v) is 2.61. The van der Waals surface area contributed by atoms with Crippen LogP contribution in [-0.4, -0.2) is 17.8 Å². The number of aromatic nitrogens is 1. The topological polar surface area (TPSA) is 61.3 Å². The van der Waals surface area contributed by atoms with E-state index in [1.54, 1.807) is 18.3 Å². The van der Waals surface area contributed by atoms with Crippen LogP contribution in [0.2, 0.25) is 0 Å². The number of ether oxygens (including phenoxy) is 1. The highest BCUT2D eigenvalue weighted by Crippen LogP contribution is 2.28. The maximum atomic E-state index is 13.9. The zero-order chi connectivity index (χ0) is 13.8. The van der Waals surface area contributed by atoms with E-state index in [-0.39, 0.29) is 11.9 Å². The number of nitrogens with two attached hydrogens (primary N) is 1. The minimum Gasteiger partial charge on any atom is -0.488 e. The number of nitrogens with zero attached hydrogens (tertiary/aromatic N) is 1. The van der Waals surface area contributed by atoms with E-state index in [4.69, 9.17) is 15.0 Å². The predicted octanol–water partition coefficient (Wildman–Crippen LogP) is 2.77. The molecule has 1 aromatic carbocycles. The van der Waals surface area contributed by atoms with Crippen molar-refractivity contribution in [3.63, 3.8) is 0 Å². The fourth-order valence-electron chi connectivity index (χ4n) is 1.82. The van der Waals surface area contributed by atoms with Crippen molar-refractivity contribution in [3.8, 4) is 17.1 Å². The molecule has 1 aromatic heterocycles. The molecule has 0 amide bonds. The summed E-state index contributed by atoms with van der Waals surface area (Å²) in [6.45, 7) is 4.19. The standard InChI is InChI=1S/C14H17FN2O2/c1-9(2)18-13-4-3-10(7-12(13)15)14-11(5-6-16)8-17-19-14/h3-4,7-9H,5-6,16H2,1-2H3. The summed E-state index contributed by atoms with van der Waals surface area (Å²) in [6.07, 6.45) is 2.18. The molecule has 102 valence electrons. The molecule has 0 unspecified atom stereocenters. The van der Waals surface area contributed by atoms with Gasteiger partial charge in [0.2, 0.25) is 0 Å². The first kappa shape index (κ1) is 13.5. The normalized spacial score (nSPS) is 11.0. The lowest BCUT2D eigenvalue weighted by Gasteiger charge is -2.11. The largest absolute Gasteiger partial charge is 0.488 e. The minimum atomic E-state index is -0.415. The van der Waals surface area contributed by atoms with Crippen LogP contribution < -0.4 is 10.5 Å². The van der Waals surface area contributed by atoms with Gasteiger partial charge in [0.25, 0.3) is 0 Å². The van der Waals surface area contributed by atoms with Gasteiger partial charge < -0.3 is 15.0 Å². The molecule has 0 saturated carbocycles. The van der Waals surface area contributed by atoms with Gasteiger partial charge in [-0.3, -0.25) is 0 Å². The van der Waals surface area contributed by atoms with E-state index >= 15 is 0 Å². The Balaban J connectivity index is 2.31. The number of rotatable bonds is 5. The summed E-state index contributed by atoms with van der Waals surface area (Å²) < 4.78 is 24.4. The van der Waals surface area contributed by atoms with Crippen LogP contribution in [0.4, 0.5) is 4.39 Å². The third kappa shape index (κ3) is 3.12. The molecule has 2 rings (SSSR count). The lowest BCUT2D eigenvalue weighted by molar-refractivity contribution is 0.231. The number of hydrogen-bond donors (Lipinski definition) is 1. The molecule has 0 aliphatic rings. The molecule has 19 heavy (non-hydrogen) atoms. The van der Waals surface area contributed by atoms with Crippen molar-refractivity contribution in [1.29, 1.82) is 0 Å². The second-order valence-corrected chi connectivity index (χ2v) is 4.53. The first-order valence-corrected chi connectivity index (χ1v) is 6.22. The van der Waals surface area contributed by atoms with Gasteiger partial charge in [0.05, 0.1) is 12.3 Å². The van der Waals surface area contributed by atoms with Crippen LogP contribution >= 0.6 is 0 Å². The Kier molecular flexibility index (Phi) is 4.16. The van der Waals surface area contributed by atoms with E-state index in [1.807, 2.05) is 13.8 Å². The van der Waals surface area contributed by atoms with Crippen molar-refractivity contribution in [1.82, 2.24) is 5.16 Å². The highest BCUT2D eigenvalue weighted by Gasteiger charge is 2.13. The zero-order valence-corrected chi connectivity index (χ0v) is 11.0. The van der Waals surface area contributed by atoms with Crippen molar-refractivity contribution in [3.05, 3.63) is 35.8 Å². The second kappa shape index (κ2) is 5.84. The molecule has 0 atom stereocenters. The molecular formula is C14H17FN2O2. The van der Waals surface area contributed by atoms with E-state index in [2.05, 4.69) is 5.16 Å². The van der Waals surface area contributed by atoms with Crippen LogP contribution in [0, 0.1) is 5.82 Å². The third-order valence-electron chi connectivity index (χ3n) is 2.61. The van der Waals surface area contributed by atoms with Crippen molar-refractivity contribution >= 4 is 0 Å². The van der Waals surface area contributed by atoms with E-state index in [0.29, 0.717) is 24.3 Å². The maximum Gasteiger partial charge on any atom is 0.170 e. The van der Waals surface area contributed by atoms with E-state index in [9.17, 15) is 4.39 Å². The fraction of sp³-hybridized carbons (Fsp3) is 0.357. The van der Waals surface area contributed by atoms with Gasteiger partial charge in [-0.2, -0.15) is 0 Å². The highest BCUT2D eigenvalue weighted by molar-refractivity contribution is 5.62. The first-order valence-electron chi connectivity index (χ1n) is 6.22. The molecule has 0 fully saturated rings. The summed E-state index contributed by atoms with van der Waals surface area (Å²) in [7, 11) is 0. The van der Waals surface area contributed by atoms with Crippen molar-refractivity contribution in [2.24, 2.45) is 5.73 Å². The molecule has 0 aliphatic carbocycles. The summed E-state index contributed by atoms with van der Waals surface area (Å²) in [5.74, 6) is 0.375. The summed E-state index contributed by atoms with van der Waals surface area (Å²) in [5.41, 5.74) is 7.02. The molecule has 0 saturated heterocycles. The molecule has 2 N–H and O–H groups in total. The Morgan fingerprint density at radius 2 is 2.21 bits per heavy atom. The monoisotopic (exact) mass is 264 g/mol. The number of halogens is 1. The summed E-state index contributed by atoms with van der Waals surface area (Å²) in [4.78, 5) is 0. The minimum absolute atomic E-state index is 0.0709. The van der Waals surface area contributed by atoms with Gasteiger partial charge in [0.1, 0.15) is 0 Å². The van der Waals surface area contributed by atoms with Gasteiger partial charge in [-0.1, -0.05) is 5.16 Å². The van der Waals surface area contributed by atoms with Crippen LogP contribution in [0.1, 0.15) is 19.4 Å². The molecule has 2 aromatic rings. The summed E-state index contributed by atoms with van der Waals surface area (Å²) >= 11 is 0. The smallest absolute Gasteiger partial charge is 0.170 e. The molecular weight excluding hydrogens is 247 g/mol. The summed E-state index contributed by atoms with van der Waals surface area (Å²) in [6, 6.07) is 4.74. The van der Waals surface area contributed by atoms with Gasteiger partial charge in [-0.25, -0.2) is 4.39 Å². The van der Waals surface area contributed by atoms with Gasteiger partial charge in [-0.15, -0.1) is 0 Å². The van der Waals surface area contributed by atoms with Gasteiger partial charge in [0.15, 0.2) is 17.3 Å². The zero-order valence-electron chi connectivity index (χ0n) is 11.0. The maximum absolute atomic E-state index is 13.9. The Hall–Kier alpha value is -1.88. The average Bonchev–Trinajstić information content (AvgIpc) is 2.80. The van der Waals surface area contributed by atoms with Crippen molar-refractivity contribution in [2.45, 2.75) is 26.4 Å². The number of hydrogen-bond acceptors (Lipinski definition) is 4. The molecule has 4 nitrogen and oxygen atoms in total. The predicted molar refractivity (Wildman–Crippen MR) is 70.4 cm³/mol. The first-order chi connectivity index (χ1) is 9.11. The molecule has 0 radical (unpaired) electrons. The molecule has 0 aliphatic heterocycles. The van der Waals surface area contributed by atoms with Crippen molar-refractivity contribution in [2.75, 3.05) is 6.54 Å². The van der Waals surface area contributed by atoms with Gasteiger partial charge in [-0.05, 0) is 45.0 Å². The lowest BCUT2D eigenvalue weighted by Crippen LogP contribution is -2.07. The lowest BCUT2D eigenvalue weighted by atomic mass is 10.1. The van der Waals surface area contributed by atoms with Crippen LogP contribution in [0.5, 0.6) is 5.75 Å². The summed E-state index contributed by atoms with van der Waals surface area (Å²) in [5, 5.41) is 3.73. The van der Waals surface area contributed by atoms with Crippen LogP contribution in [0.25, 0.3) is 11.3 Å². The van der Waals surface area contributed by atoms with E-state index in [0.717, 1.165) is 5.56 Å². The molecule has 5 heteroatoms. The molecule has 1 heterocycles. The van der Waals surface area contributed by atoms with Crippen molar-refractivity contribution < 1.29 is 13.7 Å². The van der Waals surface area contributed by atoms with Crippen LogP contribution in [-0.2, 0) is 6.42 Å². The Morgan fingerprint density at radius 1 is 1.42 bits per heavy atom. The van der Waals surface area contributed by atoms with Gasteiger partial charge in [0, 0.05) is 11.1 Å². The second-order valence-electron chi connectivity index (χ2n) is 4.53. The Bertz CT molecular complexity index is 552. The Morgan fingerprint density at radius 3 is 2.84 bits per heavy atom. The van der Waals surface area contributed by atoms with E-state index in [1.165, 1.54) is 6.07 Å². The Labute approximate surface area is 111 Å². The molecule has 0 bridgehead atoms. The quantitative estimate of drug-likeness (QED) is 0.902. The van der Waals surface area contributed by atoms with Crippen LogP contribution in [0.15, 0.2) is 28.9 Å². The number of benzene rings is 1. The van der Waals surface area contributed by atoms with Crippen LogP contribution in [0.3, 0.4) is 0 Å². The average molecular weight is 264 g/mol. The van der Waals surface area contributed by atoms with Gasteiger partial charge >= 0.3 is 0 Å².